The van der Waals surface area contributed by atoms with Crippen LogP contribution in [0.5, 0.6) is 5.75 Å². The van der Waals surface area contributed by atoms with E-state index in [-0.39, 0.29) is 29.5 Å². The molecule has 1 aromatic rings. The van der Waals surface area contributed by atoms with Crippen molar-refractivity contribution in [1.29, 1.82) is 0 Å². The number of rotatable bonds is 10. The number of morpholine rings is 1. The molecule has 1 amide bonds. The Morgan fingerprint density at radius 2 is 1.81 bits per heavy atom. The number of carbonyl (C=O) groups is 1. The molecule has 9 heteroatoms. The molecule has 31 heavy (non-hydrogen) atoms. The Labute approximate surface area is 184 Å². The van der Waals surface area contributed by atoms with E-state index in [1.165, 1.54) is 30.0 Å². The van der Waals surface area contributed by atoms with Crippen molar-refractivity contribution in [1.82, 2.24) is 9.62 Å². The molecule has 2 N–H and O–H groups in total. The molecular weight excluding hydrogens is 418 g/mol. The summed E-state index contributed by atoms with van der Waals surface area (Å²) in [6, 6.07) is 5.07. The maximum atomic E-state index is 13.0. The van der Waals surface area contributed by atoms with Gasteiger partial charge in [0, 0.05) is 19.1 Å². The van der Waals surface area contributed by atoms with Gasteiger partial charge in [0.1, 0.15) is 5.75 Å². The minimum absolute atomic E-state index is 0.0688. The van der Waals surface area contributed by atoms with Gasteiger partial charge in [-0.25, -0.2) is 8.42 Å². The third-order valence-corrected chi connectivity index (χ3v) is 7.84. The van der Waals surface area contributed by atoms with Crippen molar-refractivity contribution < 1.29 is 22.7 Å². The molecule has 0 radical (unpaired) electrons. The van der Waals surface area contributed by atoms with Gasteiger partial charge in [0.05, 0.1) is 36.4 Å². The number of nitrogens with zero attached hydrogens (tertiary/aromatic N) is 1. The number of benzene rings is 1. The average molecular weight is 452 g/mol. The van der Waals surface area contributed by atoms with Gasteiger partial charge in [-0.2, -0.15) is 4.31 Å². The molecule has 0 spiro atoms. The van der Waals surface area contributed by atoms with Crippen molar-refractivity contribution >= 4 is 21.6 Å². The Kier molecular flexibility index (Phi) is 6.74. The molecule has 4 rings (SSSR count). The second kappa shape index (κ2) is 9.34. The van der Waals surface area contributed by atoms with Crippen LogP contribution in [0.15, 0.2) is 23.1 Å². The average Bonchev–Trinajstić information content (AvgIpc) is 3.65. The zero-order chi connectivity index (χ0) is 22.0. The first kappa shape index (κ1) is 22.4. The molecule has 1 saturated heterocycles. The van der Waals surface area contributed by atoms with Gasteiger partial charge in [0.25, 0.3) is 0 Å². The Balaban J connectivity index is 1.47. The second-order valence-electron chi connectivity index (χ2n) is 8.96. The number of carbonyl (C=O) groups excluding carboxylic acids is 1. The molecule has 2 saturated carbocycles. The smallest absolute Gasteiger partial charge is 0.243 e. The summed E-state index contributed by atoms with van der Waals surface area (Å²) in [7, 11) is -3.64. The summed E-state index contributed by atoms with van der Waals surface area (Å²) in [5.41, 5.74) is 0.507. The lowest BCUT2D eigenvalue weighted by molar-refractivity contribution is -0.120. The highest BCUT2D eigenvalue weighted by Gasteiger charge is 2.42. The summed E-state index contributed by atoms with van der Waals surface area (Å²) in [4.78, 5) is 12.8. The summed E-state index contributed by atoms with van der Waals surface area (Å²) in [6.45, 7) is 5.34. The SMILES string of the molecule is CC(C)Oc1ccc(S(=O)(=O)N2CCOCC2)cc1NCC(=O)NC(C1CC1)C1CC1. The maximum absolute atomic E-state index is 13.0. The van der Waals surface area contributed by atoms with E-state index in [4.69, 9.17) is 9.47 Å². The van der Waals surface area contributed by atoms with Gasteiger partial charge < -0.3 is 20.1 Å². The van der Waals surface area contributed by atoms with Crippen molar-refractivity contribution in [3.8, 4) is 5.75 Å². The van der Waals surface area contributed by atoms with Crippen molar-refractivity contribution in [3.05, 3.63) is 18.2 Å². The molecule has 2 aliphatic carbocycles. The number of amides is 1. The molecular formula is C22H33N3O5S. The predicted molar refractivity (Wildman–Crippen MR) is 118 cm³/mol. The highest BCUT2D eigenvalue weighted by molar-refractivity contribution is 7.89. The van der Waals surface area contributed by atoms with E-state index in [9.17, 15) is 13.2 Å². The summed E-state index contributed by atoms with van der Waals surface area (Å²) in [6.07, 6.45) is 4.71. The maximum Gasteiger partial charge on any atom is 0.243 e. The van der Waals surface area contributed by atoms with Crippen molar-refractivity contribution in [2.45, 2.75) is 56.6 Å². The summed E-state index contributed by atoms with van der Waals surface area (Å²) in [5.74, 6) is 1.71. The molecule has 3 fully saturated rings. The predicted octanol–water partition coefficient (Wildman–Crippen LogP) is 2.21. The first-order valence-corrected chi connectivity index (χ1v) is 12.7. The van der Waals surface area contributed by atoms with Gasteiger partial charge in [-0.1, -0.05) is 0 Å². The van der Waals surface area contributed by atoms with Crippen LogP contribution in [0.3, 0.4) is 0 Å². The van der Waals surface area contributed by atoms with Crippen molar-refractivity contribution in [2.24, 2.45) is 11.8 Å². The molecule has 8 nitrogen and oxygen atoms in total. The van der Waals surface area contributed by atoms with Crippen LogP contribution in [0, 0.1) is 11.8 Å². The van der Waals surface area contributed by atoms with E-state index in [2.05, 4.69) is 10.6 Å². The summed E-state index contributed by atoms with van der Waals surface area (Å²) in [5, 5.41) is 6.30. The van der Waals surface area contributed by atoms with Crippen molar-refractivity contribution in [3.63, 3.8) is 0 Å². The third kappa shape index (κ3) is 5.70. The van der Waals surface area contributed by atoms with Crippen LogP contribution in [0.4, 0.5) is 5.69 Å². The number of nitrogens with one attached hydrogen (secondary N) is 2. The fraction of sp³-hybridized carbons (Fsp3) is 0.682. The number of sulfonamides is 1. The molecule has 0 atom stereocenters. The zero-order valence-electron chi connectivity index (χ0n) is 18.3. The lowest BCUT2D eigenvalue weighted by atomic mass is 10.1. The molecule has 3 aliphatic rings. The molecule has 172 valence electrons. The Morgan fingerprint density at radius 3 is 2.39 bits per heavy atom. The molecule has 1 aliphatic heterocycles. The number of ether oxygens (including phenoxy) is 2. The van der Waals surface area contributed by atoms with Crippen LogP contribution < -0.4 is 15.4 Å². The minimum atomic E-state index is -3.64. The normalized spacial score (nSPS) is 20.1. The lowest BCUT2D eigenvalue weighted by Crippen LogP contribution is -2.41. The van der Waals surface area contributed by atoms with E-state index in [1.807, 2.05) is 13.8 Å². The van der Waals surface area contributed by atoms with Crippen molar-refractivity contribution in [2.75, 3.05) is 38.2 Å². The Morgan fingerprint density at radius 1 is 1.16 bits per heavy atom. The van der Waals surface area contributed by atoms with Crippen LogP contribution >= 0.6 is 0 Å². The van der Waals surface area contributed by atoms with E-state index in [1.54, 1.807) is 18.2 Å². The Hall–Kier alpha value is -1.84. The van der Waals surface area contributed by atoms with E-state index < -0.39 is 10.0 Å². The summed E-state index contributed by atoms with van der Waals surface area (Å²) < 4.78 is 38.6. The summed E-state index contributed by atoms with van der Waals surface area (Å²) >= 11 is 0. The molecule has 0 aromatic heterocycles. The van der Waals surface area contributed by atoms with E-state index >= 15 is 0 Å². The lowest BCUT2D eigenvalue weighted by Gasteiger charge is -2.26. The van der Waals surface area contributed by atoms with Crippen LogP contribution in [-0.4, -0.2) is 63.6 Å². The Bertz CT molecular complexity index is 878. The van der Waals surface area contributed by atoms with Gasteiger partial charge in [-0.3, -0.25) is 4.79 Å². The topological polar surface area (TPSA) is 97.0 Å². The molecule has 1 aromatic carbocycles. The standard InChI is InChI=1S/C22H33N3O5S/c1-15(2)30-20-8-7-18(31(27,28)25-9-11-29-12-10-25)13-19(20)23-14-21(26)24-22(16-3-4-16)17-5-6-17/h7-8,13,15-17,22-23H,3-6,9-12,14H2,1-2H3,(H,24,26). The second-order valence-corrected chi connectivity index (χ2v) is 10.9. The zero-order valence-corrected chi connectivity index (χ0v) is 19.1. The highest BCUT2D eigenvalue weighted by Crippen LogP contribution is 2.44. The fourth-order valence-corrected chi connectivity index (χ4v) is 5.48. The number of anilines is 1. The van der Waals surface area contributed by atoms with Gasteiger partial charge in [-0.15, -0.1) is 0 Å². The van der Waals surface area contributed by atoms with Gasteiger partial charge in [0.2, 0.25) is 15.9 Å². The quantitative estimate of drug-likeness (QED) is 0.566. The van der Waals surface area contributed by atoms with E-state index in [0.717, 1.165) is 0 Å². The first-order chi connectivity index (χ1) is 14.8. The first-order valence-electron chi connectivity index (χ1n) is 11.3. The van der Waals surface area contributed by atoms with Gasteiger partial charge in [-0.05, 0) is 69.6 Å². The molecule has 0 bridgehead atoms. The third-order valence-electron chi connectivity index (χ3n) is 5.95. The largest absolute Gasteiger partial charge is 0.489 e. The molecule has 1 heterocycles. The van der Waals surface area contributed by atoms with Gasteiger partial charge >= 0.3 is 0 Å². The van der Waals surface area contributed by atoms with Crippen LogP contribution in [0.1, 0.15) is 39.5 Å². The number of hydrogen-bond donors (Lipinski definition) is 2. The van der Waals surface area contributed by atoms with Crippen LogP contribution in [0.25, 0.3) is 0 Å². The minimum Gasteiger partial charge on any atom is -0.489 e. The van der Waals surface area contributed by atoms with Crippen LogP contribution in [-0.2, 0) is 19.6 Å². The van der Waals surface area contributed by atoms with E-state index in [0.29, 0.717) is 49.6 Å². The van der Waals surface area contributed by atoms with Gasteiger partial charge in [0.15, 0.2) is 0 Å². The fourth-order valence-electron chi connectivity index (χ4n) is 4.04. The highest BCUT2D eigenvalue weighted by atomic mass is 32.2. The molecule has 0 unspecified atom stereocenters. The van der Waals surface area contributed by atoms with Crippen LogP contribution in [0.2, 0.25) is 0 Å². The monoisotopic (exact) mass is 451 g/mol. The number of hydrogen-bond acceptors (Lipinski definition) is 6.